The van der Waals surface area contributed by atoms with E-state index in [4.69, 9.17) is 4.74 Å². The van der Waals surface area contributed by atoms with Gasteiger partial charge in [0.25, 0.3) is 0 Å². The predicted molar refractivity (Wildman–Crippen MR) is 76.1 cm³/mol. The summed E-state index contributed by atoms with van der Waals surface area (Å²) in [5.41, 5.74) is 0. The second kappa shape index (κ2) is 7.62. The first-order valence-electron chi connectivity index (χ1n) is 7.86. The number of carbonyl (C=O) groups excluding carboxylic acids is 2. The molecule has 1 saturated heterocycles. The van der Waals surface area contributed by atoms with Crippen LogP contribution in [-0.4, -0.2) is 49.6 Å². The van der Waals surface area contributed by atoms with Gasteiger partial charge in [0.2, 0.25) is 11.8 Å². The number of nitrogens with zero attached hydrogens (tertiary/aromatic N) is 1. The highest BCUT2D eigenvalue weighted by molar-refractivity contribution is 5.81. The van der Waals surface area contributed by atoms with Gasteiger partial charge in [0.15, 0.2) is 0 Å². The number of rotatable bonds is 4. The molecule has 0 aromatic rings. The Kier molecular flexibility index (Phi) is 5.83. The molecule has 2 amide bonds. The van der Waals surface area contributed by atoms with Crippen molar-refractivity contribution in [2.45, 2.75) is 39.0 Å². The summed E-state index contributed by atoms with van der Waals surface area (Å²) in [7, 11) is 0. The number of carbonyl (C=O) groups is 2. The fourth-order valence-electron chi connectivity index (χ4n) is 3.04. The molecule has 114 valence electrons. The molecule has 20 heavy (non-hydrogen) atoms. The molecule has 1 heterocycles. The Morgan fingerprint density at radius 1 is 1.10 bits per heavy atom. The minimum absolute atomic E-state index is 0.107. The average molecular weight is 282 g/mol. The number of ether oxygens (including phenoxy) is 1. The number of hydrogen-bond donors (Lipinski definition) is 1. The Hall–Kier alpha value is -1.10. The van der Waals surface area contributed by atoms with Gasteiger partial charge in [-0.1, -0.05) is 6.92 Å². The zero-order chi connectivity index (χ0) is 14.4. The van der Waals surface area contributed by atoms with Crippen LogP contribution in [0.25, 0.3) is 0 Å². The van der Waals surface area contributed by atoms with Crippen molar-refractivity contribution in [1.29, 1.82) is 0 Å². The SMILES string of the molecule is CCCNC(=O)C1CCC(C(=O)N2CCOCC2)CC1. The monoisotopic (exact) mass is 282 g/mol. The number of morpholine rings is 1. The van der Waals surface area contributed by atoms with Gasteiger partial charge in [0, 0.05) is 31.5 Å². The van der Waals surface area contributed by atoms with Gasteiger partial charge >= 0.3 is 0 Å². The second-order valence-electron chi connectivity index (χ2n) is 5.78. The van der Waals surface area contributed by atoms with Gasteiger partial charge in [-0.2, -0.15) is 0 Å². The second-order valence-corrected chi connectivity index (χ2v) is 5.78. The molecule has 1 aliphatic heterocycles. The molecule has 2 rings (SSSR count). The van der Waals surface area contributed by atoms with Gasteiger partial charge in [-0.05, 0) is 32.1 Å². The fourth-order valence-corrected chi connectivity index (χ4v) is 3.04. The molecular formula is C15H26N2O3. The van der Waals surface area contributed by atoms with Crippen LogP contribution in [0.4, 0.5) is 0 Å². The quantitative estimate of drug-likeness (QED) is 0.842. The van der Waals surface area contributed by atoms with Crippen molar-refractivity contribution in [1.82, 2.24) is 10.2 Å². The van der Waals surface area contributed by atoms with Crippen molar-refractivity contribution in [3.63, 3.8) is 0 Å². The first kappa shape index (κ1) is 15.3. The zero-order valence-electron chi connectivity index (χ0n) is 12.4. The van der Waals surface area contributed by atoms with Crippen LogP contribution in [0.5, 0.6) is 0 Å². The maximum Gasteiger partial charge on any atom is 0.225 e. The molecule has 1 N–H and O–H groups in total. The minimum Gasteiger partial charge on any atom is -0.378 e. The molecule has 1 saturated carbocycles. The molecule has 0 atom stereocenters. The van der Waals surface area contributed by atoms with E-state index in [0.29, 0.717) is 13.2 Å². The Balaban J connectivity index is 1.75. The maximum atomic E-state index is 12.4. The Labute approximate surface area is 121 Å². The molecular weight excluding hydrogens is 256 g/mol. The lowest BCUT2D eigenvalue weighted by Gasteiger charge is -2.33. The van der Waals surface area contributed by atoms with Crippen LogP contribution >= 0.6 is 0 Å². The third-order valence-corrected chi connectivity index (χ3v) is 4.32. The first-order valence-corrected chi connectivity index (χ1v) is 7.86. The van der Waals surface area contributed by atoms with E-state index in [1.165, 1.54) is 0 Å². The van der Waals surface area contributed by atoms with Gasteiger partial charge < -0.3 is 15.0 Å². The normalized spacial score (nSPS) is 27.1. The van der Waals surface area contributed by atoms with E-state index in [0.717, 1.165) is 51.7 Å². The summed E-state index contributed by atoms with van der Waals surface area (Å²) in [5.74, 6) is 0.656. The van der Waals surface area contributed by atoms with E-state index in [1.807, 2.05) is 4.90 Å². The van der Waals surface area contributed by atoms with E-state index in [2.05, 4.69) is 12.2 Å². The molecule has 5 nitrogen and oxygen atoms in total. The number of amides is 2. The van der Waals surface area contributed by atoms with Crippen molar-refractivity contribution in [3.8, 4) is 0 Å². The van der Waals surface area contributed by atoms with Crippen LogP contribution in [-0.2, 0) is 14.3 Å². The molecule has 0 bridgehead atoms. The average Bonchev–Trinajstić information content (AvgIpc) is 2.53. The lowest BCUT2D eigenvalue weighted by atomic mass is 9.81. The summed E-state index contributed by atoms with van der Waals surface area (Å²) in [5, 5.41) is 2.96. The summed E-state index contributed by atoms with van der Waals surface area (Å²) < 4.78 is 5.28. The van der Waals surface area contributed by atoms with Gasteiger partial charge in [0.1, 0.15) is 0 Å². The lowest BCUT2D eigenvalue weighted by Crippen LogP contribution is -2.45. The van der Waals surface area contributed by atoms with Crippen molar-refractivity contribution in [3.05, 3.63) is 0 Å². The third-order valence-electron chi connectivity index (χ3n) is 4.32. The van der Waals surface area contributed by atoms with Crippen LogP contribution in [0.3, 0.4) is 0 Å². The van der Waals surface area contributed by atoms with Crippen molar-refractivity contribution < 1.29 is 14.3 Å². The van der Waals surface area contributed by atoms with Crippen LogP contribution in [0.15, 0.2) is 0 Å². The third kappa shape index (κ3) is 3.95. The number of hydrogen-bond acceptors (Lipinski definition) is 3. The van der Waals surface area contributed by atoms with E-state index >= 15 is 0 Å². The zero-order valence-corrected chi connectivity index (χ0v) is 12.4. The summed E-state index contributed by atoms with van der Waals surface area (Å²) in [6.45, 7) is 5.55. The maximum absolute atomic E-state index is 12.4. The molecule has 0 radical (unpaired) electrons. The topological polar surface area (TPSA) is 58.6 Å². The van der Waals surface area contributed by atoms with Gasteiger partial charge in [-0.15, -0.1) is 0 Å². The van der Waals surface area contributed by atoms with Gasteiger partial charge in [-0.25, -0.2) is 0 Å². The van der Waals surface area contributed by atoms with E-state index in [1.54, 1.807) is 0 Å². The fraction of sp³-hybridized carbons (Fsp3) is 0.867. The highest BCUT2D eigenvalue weighted by Gasteiger charge is 2.32. The highest BCUT2D eigenvalue weighted by atomic mass is 16.5. The Morgan fingerprint density at radius 2 is 1.70 bits per heavy atom. The van der Waals surface area contributed by atoms with Gasteiger partial charge in [-0.3, -0.25) is 9.59 Å². The summed E-state index contributed by atoms with van der Waals surface area (Å²) >= 11 is 0. The Bertz CT molecular complexity index is 332. The molecule has 2 aliphatic rings. The lowest BCUT2D eigenvalue weighted by molar-refractivity contribution is -0.142. The first-order chi connectivity index (χ1) is 9.72. The molecule has 0 aromatic carbocycles. The highest BCUT2D eigenvalue weighted by Crippen LogP contribution is 2.30. The predicted octanol–water partition coefficient (Wildman–Crippen LogP) is 1.18. The molecule has 0 aromatic heterocycles. The largest absolute Gasteiger partial charge is 0.378 e. The van der Waals surface area contributed by atoms with Crippen LogP contribution < -0.4 is 5.32 Å². The van der Waals surface area contributed by atoms with Gasteiger partial charge in [0.05, 0.1) is 13.2 Å². The summed E-state index contributed by atoms with van der Waals surface area (Å²) in [6.07, 6.45) is 4.35. The molecule has 5 heteroatoms. The van der Waals surface area contributed by atoms with Crippen LogP contribution in [0, 0.1) is 11.8 Å². The number of nitrogens with one attached hydrogen (secondary N) is 1. The summed E-state index contributed by atoms with van der Waals surface area (Å²) in [6, 6.07) is 0. The van der Waals surface area contributed by atoms with E-state index in [-0.39, 0.29) is 23.7 Å². The minimum atomic E-state index is 0.107. The van der Waals surface area contributed by atoms with Crippen LogP contribution in [0.2, 0.25) is 0 Å². The molecule has 2 fully saturated rings. The molecule has 0 spiro atoms. The van der Waals surface area contributed by atoms with E-state index < -0.39 is 0 Å². The van der Waals surface area contributed by atoms with Crippen molar-refractivity contribution in [2.75, 3.05) is 32.8 Å². The van der Waals surface area contributed by atoms with Crippen molar-refractivity contribution >= 4 is 11.8 Å². The van der Waals surface area contributed by atoms with Crippen molar-refractivity contribution in [2.24, 2.45) is 11.8 Å². The Morgan fingerprint density at radius 3 is 2.30 bits per heavy atom. The standard InChI is InChI=1S/C15H26N2O3/c1-2-7-16-14(18)12-3-5-13(6-4-12)15(19)17-8-10-20-11-9-17/h12-13H,2-11H2,1H3,(H,16,18). The smallest absolute Gasteiger partial charge is 0.225 e. The molecule has 0 unspecified atom stereocenters. The summed E-state index contributed by atoms with van der Waals surface area (Å²) in [4.78, 5) is 26.2. The van der Waals surface area contributed by atoms with Crippen LogP contribution in [0.1, 0.15) is 39.0 Å². The van der Waals surface area contributed by atoms with E-state index in [9.17, 15) is 9.59 Å². The molecule has 1 aliphatic carbocycles.